The Hall–Kier alpha value is -2.37. The van der Waals surface area contributed by atoms with Crippen molar-refractivity contribution < 1.29 is 9.90 Å². The van der Waals surface area contributed by atoms with E-state index in [9.17, 15) is 9.59 Å². The Morgan fingerprint density at radius 2 is 2.38 bits per heavy atom. The van der Waals surface area contributed by atoms with Crippen molar-refractivity contribution in [1.82, 2.24) is 14.5 Å². The van der Waals surface area contributed by atoms with Crippen molar-refractivity contribution in [2.75, 3.05) is 0 Å². The number of rotatable bonds is 3. The highest BCUT2D eigenvalue weighted by Gasteiger charge is 2.12. The normalized spacial score (nSPS) is 10.2. The Kier molecular flexibility index (Phi) is 2.55. The fourth-order valence-electron chi connectivity index (χ4n) is 1.40. The first-order valence-corrected chi connectivity index (χ1v) is 4.59. The molecule has 0 fully saturated rings. The predicted octanol–water partition coefficient (Wildman–Crippen LogP) is 0.318. The molecule has 0 spiro atoms. The third-order valence-electron chi connectivity index (χ3n) is 2.15. The highest BCUT2D eigenvalue weighted by atomic mass is 16.4. The number of nitrogens with zero attached hydrogens (tertiary/aromatic N) is 2. The fraction of sp³-hybridized carbons (Fsp3) is 0.100. The van der Waals surface area contributed by atoms with Crippen molar-refractivity contribution in [3.63, 3.8) is 0 Å². The topological polar surface area (TPSA) is 88.0 Å². The first kappa shape index (κ1) is 10.2. The zero-order valence-corrected chi connectivity index (χ0v) is 8.25. The van der Waals surface area contributed by atoms with Gasteiger partial charge in [0.15, 0.2) is 0 Å². The number of H-pyrrole nitrogens is 1. The molecule has 0 bridgehead atoms. The van der Waals surface area contributed by atoms with Gasteiger partial charge in [-0.2, -0.15) is 0 Å². The van der Waals surface area contributed by atoms with Gasteiger partial charge in [0, 0.05) is 18.6 Å². The quantitative estimate of drug-likeness (QED) is 0.778. The Labute approximate surface area is 90.2 Å². The van der Waals surface area contributed by atoms with Gasteiger partial charge < -0.3 is 10.1 Å². The number of hydrogen-bond acceptors (Lipinski definition) is 3. The van der Waals surface area contributed by atoms with Crippen LogP contribution in [0.3, 0.4) is 0 Å². The third-order valence-corrected chi connectivity index (χ3v) is 2.15. The average molecular weight is 219 g/mol. The Morgan fingerprint density at radius 3 is 3.00 bits per heavy atom. The molecule has 2 rings (SSSR count). The second-order valence-electron chi connectivity index (χ2n) is 3.23. The van der Waals surface area contributed by atoms with E-state index in [2.05, 4.69) is 9.97 Å². The van der Waals surface area contributed by atoms with Crippen LogP contribution < -0.4 is 5.69 Å². The minimum absolute atomic E-state index is 0.0612. The summed E-state index contributed by atoms with van der Waals surface area (Å²) >= 11 is 0. The number of carboxylic acids is 1. The van der Waals surface area contributed by atoms with Gasteiger partial charge in [-0.3, -0.25) is 9.55 Å². The summed E-state index contributed by atoms with van der Waals surface area (Å²) in [6.07, 6.45) is 4.38. The fourth-order valence-corrected chi connectivity index (χ4v) is 1.40. The first-order valence-electron chi connectivity index (χ1n) is 4.59. The van der Waals surface area contributed by atoms with Gasteiger partial charge >= 0.3 is 11.7 Å². The number of aromatic nitrogens is 3. The highest BCUT2D eigenvalue weighted by molar-refractivity contribution is 5.85. The maximum atomic E-state index is 11.4. The molecule has 6 heteroatoms. The van der Waals surface area contributed by atoms with Gasteiger partial charge in [-0.05, 0) is 11.6 Å². The lowest BCUT2D eigenvalue weighted by Crippen LogP contribution is -2.21. The number of aromatic carboxylic acids is 1. The van der Waals surface area contributed by atoms with E-state index in [0.29, 0.717) is 0 Å². The van der Waals surface area contributed by atoms with Gasteiger partial charge in [-0.1, -0.05) is 6.07 Å². The third kappa shape index (κ3) is 1.85. The van der Waals surface area contributed by atoms with Crippen LogP contribution in [0.15, 0.2) is 35.5 Å². The van der Waals surface area contributed by atoms with Gasteiger partial charge in [-0.15, -0.1) is 0 Å². The molecular formula is C10H9N3O3. The first-order chi connectivity index (χ1) is 7.68. The summed E-state index contributed by atoms with van der Waals surface area (Å²) in [5, 5.41) is 8.86. The van der Waals surface area contributed by atoms with Gasteiger partial charge in [0.05, 0.1) is 6.54 Å². The van der Waals surface area contributed by atoms with E-state index in [1.54, 1.807) is 24.5 Å². The number of aromatic amines is 1. The van der Waals surface area contributed by atoms with Gasteiger partial charge in [0.1, 0.15) is 5.69 Å². The van der Waals surface area contributed by atoms with E-state index in [1.165, 1.54) is 6.20 Å². The molecule has 2 aromatic heterocycles. The van der Waals surface area contributed by atoms with Crippen LogP contribution >= 0.6 is 0 Å². The SMILES string of the molecule is O=C(O)c1c[nH]c(=O)n1Cc1cccnc1. The molecule has 2 N–H and O–H groups in total. The minimum Gasteiger partial charge on any atom is -0.477 e. The highest BCUT2D eigenvalue weighted by Crippen LogP contribution is 2.02. The van der Waals surface area contributed by atoms with E-state index < -0.39 is 11.7 Å². The van der Waals surface area contributed by atoms with Crippen LogP contribution in [0.25, 0.3) is 0 Å². The number of hydrogen-bond donors (Lipinski definition) is 2. The number of carbonyl (C=O) groups is 1. The van der Waals surface area contributed by atoms with Crippen molar-refractivity contribution in [2.24, 2.45) is 0 Å². The lowest BCUT2D eigenvalue weighted by Gasteiger charge is -2.03. The Bertz CT molecular complexity index is 556. The molecular weight excluding hydrogens is 210 g/mol. The zero-order valence-electron chi connectivity index (χ0n) is 8.25. The van der Waals surface area contributed by atoms with Crippen LogP contribution in [0.1, 0.15) is 16.1 Å². The maximum Gasteiger partial charge on any atom is 0.354 e. The largest absolute Gasteiger partial charge is 0.477 e. The molecule has 16 heavy (non-hydrogen) atoms. The molecule has 0 unspecified atom stereocenters. The molecule has 0 aromatic carbocycles. The summed E-state index contributed by atoms with van der Waals surface area (Å²) in [5.74, 6) is -1.14. The van der Waals surface area contributed by atoms with Gasteiger partial charge in [-0.25, -0.2) is 9.59 Å². The van der Waals surface area contributed by atoms with Crippen molar-refractivity contribution >= 4 is 5.97 Å². The van der Waals surface area contributed by atoms with Crippen molar-refractivity contribution in [1.29, 1.82) is 0 Å². The minimum atomic E-state index is -1.14. The van der Waals surface area contributed by atoms with Crippen LogP contribution in [0.5, 0.6) is 0 Å². The van der Waals surface area contributed by atoms with E-state index in [4.69, 9.17) is 5.11 Å². The number of carboxylic acid groups (broad SMARTS) is 1. The van der Waals surface area contributed by atoms with E-state index in [-0.39, 0.29) is 12.2 Å². The van der Waals surface area contributed by atoms with Crippen molar-refractivity contribution in [3.05, 3.63) is 52.5 Å². The second-order valence-corrected chi connectivity index (χ2v) is 3.23. The summed E-state index contributed by atoms with van der Waals surface area (Å²) in [7, 11) is 0. The summed E-state index contributed by atoms with van der Waals surface area (Å²) in [6, 6.07) is 3.51. The molecule has 0 aliphatic heterocycles. The number of pyridine rings is 1. The molecule has 2 aromatic rings. The molecule has 0 radical (unpaired) electrons. The average Bonchev–Trinajstić information content (AvgIpc) is 2.62. The molecule has 2 heterocycles. The van der Waals surface area contributed by atoms with Crippen molar-refractivity contribution in [2.45, 2.75) is 6.54 Å². The molecule has 0 amide bonds. The van der Waals surface area contributed by atoms with Crippen LogP contribution in [0, 0.1) is 0 Å². The lowest BCUT2D eigenvalue weighted by molar-refractivity contribution is 0.0685. The monoisotopic (exact) mass is 219 g/mol. The van der Waals surface area contributed by atoms with Gasteiger partial charge in [0.25, 0.3) is 0 Å². The molecule has 0 aliphatic rings. The van der Waals surface area contributed by atoms with E-state index in [0.717, 1.165) is 10.1 Å². The summed E-state index contributed by atoms with van der Waals surface area (Å²) in [5.41, 5.74) is 0.266. The van der Waals surface area contributed by atoms with E-state index in [1.807, 2.05) is 0 Å². The van der Waals surface area contributed by atoms with Gasteiger partial charge in [0.2, 0.25) is 0 Å². The summed E-state index contributed by atoms with van der Waals surface area (Å²) < 4.78 is 1.15. The van der Waals surface area contributed by atoms with Crippen LogP contribution in [0.2, 0.25) is 0 Å². The Morgan fingerprint density at radius 1 is 1.56 bits per heavy atom. The van der Waals surface area contributed by atoms with Crippen LogP contribution in [-0.2, 0) is 6.54 Å². The smallest absolute Gasteiger partial charge is 0.354 e. The molecule has 82 valence electrons. The zero-order chi connectivity index (χ0) is 11.5. The van der Waals surface area contributed by atoms with E-state index >= 15 is 0 Å². The number of nitrogens with one attached hydrogen (secondary N) is 1. The second kappa shape index (κ2) is 4.01. The number of imidazole rings is 1. The van der Waals surface area contributed by atoms with Crippen LogP contribution in [0.4, 0.5) is 0 Å². The molecule has 0 saturated carbocycles. The Balaban J connectivity index is 2.38. The molecule has 0 aliphatic carbocycles. The standard InChI is InChI=1S/C10H9N3O3/c14-9(15)8-5-12-10(16)13(8)6-7-2-1-3-11-4-7/h1-5H,6H2,(H,12,16)(H,14,15). The van der Waals surface area contributed by atoms with Crippen molar-refractivity contribution in [3.8, 4) is 0 Å². The lowest BCUT2D eigenvalue weighted by atomic mass is 10.3. The summed E-state index contributed by atoms with van der Waals surface area (Å²) in [4.78, 5) is 28.4. The molecule has 0 saturated heterocycles. The molecule has 0 atom stereocenters. The summed E-state index contributed by atoms with van der Waals surface area (Å²) in [6.45, 7) is 0.192. The van der Waals surface area contributed by atoms with Crippen LogP contribution in [-0.4, -0.2) is 25.6 Å². The molecule has 6 nitrogen and oxygen atoms in total. The maximum absolute atomic E-state index is 11.4. The predicted molar refractivity (Wildman–Crippen MR) is 55.4 cm³/mol.